The summed E-state index contributed by atoms with van der Waals surface area (Å²) in [7, 11) is 0. The van der Waals surface area contributed by atoms with E-state index in [4.69, 9.17) is 0 Å². The highest BCUT2D eigenvalue weighted by Crippen LogP contribution is 2.61. The zero-order valence-electron chi connectivity index (χ0n) is 9.80. The smallest absolute Gasteiger partial charge is 0.129 e. The van der Waals surface area contributed by atoms with Crippen molar-refractivity contribution in [2.75, 3.05) is 0 Å². The largest absolute Gasteiger partial charge is 0.300 e. The molecule has 4 bridgehead atoms. The third kappa shape index (κ3) is 1.74. The lowest BCUT2D eigenvalue weighted by Crippen LogP contribution is -2.46. The van der Waals surface area contributed by atoms with E-state index in [1.807, 2.05) is 0 Å². The van der Waals surface area contributed by atoms with Crippen LogP contribution in [0.4, 0.5) is 0 Å². The molecule has 0 heterocycles. The van der Waals surface area contributed by atoms with Gasteiger partial charge in [-0.25, -0.2) is 0 Å². The van der Waals surface area contributed by atoms with Crippen LogP contribution < -0.4 is 0 Å². The molecular weight excluding hydrogens is 184 g/mol. The molecule has 0 atom stereocenters. The summed E-state index contributed by atoms with van der Waals surface area (Å²) in [5.74, 6) is 3.49. The molecule has 15 heavy (non-hydrogen) atoms. The fourth-order valence-electron chi connectivity index (χ4n) is 5.04. The summed E-state index contributed by atoms with van der Waals surface area (Å²) in [4.78, 5) is 11.1. The van der Waals surface area contributed by atoms with Crippen molar-refractivity contribution < 1.29 is 4.79 Å². The number of carbonyl (C=O) groups is 1. The van der Waals surface area contributed by atoms with E-state index in [0.29, 0.717) is 11.2 Å². The topological polar surface area (TPSA) is 17.1 Å². The van der Waals surface area contributed by atoms with Crippen LogP contribution in [-0.2, 0) is 4.79 Å². The predicted molar refractivity (Wildman–Crippen MR) is 60.5 cm³/mol. The molecule has 0 aromatic carbocycles. The lowest BCUT2D eigenvalue weighted by Gasteiger charge is -2.57. The molecule has 4 aliphatic carbocycles. The molecule has 4 fully saturated rings. The Morgan fingerprint density at radius 2 is 1.53 bits per heavy atom. The van der Waals surface area contributed by atoms with Gasteiger partial charge in [0.15, 0.2) is 0 Å². The van der Waals surface area contributed by atoms with Crippen LogP contribution >= 0.6 is 0 Å². The molecule has 0 aromatic heterocycles. The Labute approximate surface area is 92.6 Å². The van der Waals surface area contributed by atoms with Crippen LogP contribution in [0.15, 0.2) is 0 Å². The zero-order valence-corrected chi connectivity index (χ0v) is 9.80. The highest BCUT2D eigenvalue weighted by atomic mass is 16.1. The minimum Gasteiger partial charge on any atom is -0.300 e. The van der Waals surface area contributed by atoms with Crippen molar-refractivity contribution in [3.8, 4) is 0 Å². The van der Waals surface area contributed by atoms with Gasteiger partial charge in [-0.1, -0.05) is 0 Å². The number of carbonyl (C=O) groups excluding carboxylic acids is 1. The van der Waals surface area contributed by atoms with Crippen LogP contribution in [0.25, 0.3) is 0 Å². The van der Waals surface area contributed by atoms with E-state index in [2.05, 4.69) is 0 Å². The molecular formula is C14H22O. The first-order valence-electron chi connectivity index (χ1n) is 6.65. The Balaban J connectivity index is 1.72. The van der Waals surface area contributed by atoms with Gasteiger partial charge in [-0.05, 0) is 75.0 Å². The maximum absolute atomic E-state index is 11.1. The van der Waals surface area contributed by atoms with Crippen molar-refractivity contribution in [3.63, 3.8) is 0 Å². The lowest BCUT2D eigenvalue weighted by molar-refractivity contribution is -0.119. The number of ketones is 1. The number of hydrogen-bond donors (Lipinski definition) is 0. The highest BCUT2D eigenvalue weighted by Gasteiger charge is 2.50. The minimum atomic E-state index is 0.394. The van der Waals surface area contributed by atoms with Gasteiger partial charge in [0.05, 0.1) is 0 Å². The molecule has 0 spiro atoms. The van der Waals surface area contributed by atoms with Gasteiger partial charge in [0.25, 0.3) is 0 Å². The van der Waals surface area contributed by atoms with Gasteiger partial charge in [-0.15, -0.1) is 0 Å². The average Bonchev–Trinajstić information content (AvgIpc) is 2.12. The normalized spacial score (nSPS) is 47.1. The first-order chi connectivity index (χ1) is 7.15. The summed E-state index contributed by atoms with van der Waals surface area (Å²) >= 11 is 0. The van der Waals surface area contributed by atoms with E-state index in [9.17, 15) is 4.79 Å². The Bertz CT molecular complexity index is 244. The molecule has 84 valence electrons. The fourth-order valence-corrected chi connectivity index (χ4v) is 5.04. The molecule has 0 radical (unpaired) electrons. The van der Waals surface area contributed by atoms with E-state index in [1.54, 1.807) is 6.92 Å². The molecule has 4 rings (SSSR count). The third-order valence-corrected chi connectivity index (χ3v) is 5.17. The number of rotatable bonds is 3. The van der Waals surface area contributed by atoms with Crippen molar-refractivity contribution in [3.05, 3.63) is 0 Å². The summed E-state index contributed by atoms with van der Waals surface area (Å²) < 4.78 is 0. The SMILES string of the molecule is CC(=O)CCC12CC3CC(CC(C3)C1)C2. The maximum atomic E-state index is 11.1. The summed E-state index contributed by atoms with van der Waals surface area (Å²) in [5, 5.41) is 0. The first kappa shape index (κ1) is 9.86. The average molecular weight is 206 g/mol. The molecule has 0 unspecified atom stereocenters. The van der Waals surface area contributed by atoms with Gasteiger partial charge < -0.3 is 4.79 Å². The highest BCUT2D eigenvalue weighted by molar-refractivity contribution is 5.75. The lowest BCUT2D eigenvalue weighted by atomic mass is 9.48. The van der Waals surface area contributed by atoms with Crippen molar-refractivity contribution in [1.29, 1.82) is 0 Å². The van der Waals surface area contributed by atoms with Crippen LogP contribution in [0.3, 0.4) is 0 Å². The van der Waals surface area contributed by atoms with Gasteiger partial charge in [-0.2, -0.15) is 0 Å². The standard InChI is InChI=1S/C14H22O/c1-10(15)2-3-14-7-11-4-12(8-14)6-13(5-11)9-14/h11-13H,2-9H2,1H3. The van der Waals surface area contributed by atoms with Gasteiger partial charge in [0.2, 0.25) is 0 Å². The molecule has 1 nitrogen and oxygen atoms in total. The fraction of sp³-hybridized carbons (Fsp3) is 0.929. The van der Waals surface area contributed by atoms with Crippen molar-refractivity contribution in [1.82, 2.24) is 0 Å². The molecule has 4 saturated carbocycles. The quantitative estimate of drug-likeness (QED) is 0.690. The molecule has 0 amide bonds. The van der Waals surface area contributed by atoms with E-state index in [-0.39, 0.29) is 0 Å². The zero-order chi connectivity index (χ0) is 10.5. The van der Waals surface area contributed by atoms with E-state index >= 15 is 0 Å². The summed E-state index contributed by atoms with van der Waals surface area (Å²) in [6, 6.07) is 0. The molecule has 0 aliphatic heterocycles. The van der Waals surface area contributed by atoms with Gasteiger partial charge in [0.1, 0.15) is 5.78 Å². The van der Waals surface area contributed by atoms with Crippen LogP contribution in [0, 0.1) is 23.2 Å². The second kappa shape index (κ2) is 3.33. The number of hydrogen-bond acceptors (Lipinski definition) is 1. The summed E-state index contributed by atoms with van der Waals surface area (Å²) in [6.07, 6.45) is 10.9. The Hall–Kier alpha value is -0.330. The predicted octanol–water partition coefficient (Wildman–Crippen LogP) is 3.57. The van der Waals surface area contributed by atoms with Crippen molar-refractivity contribution >= 4 is 5.78 Å². The second-order valence-electron chi connectivity index (χ2n) is 6.62. The van der Waals surface area contributed by atoms with Crippen LogP contribution in [-0.4, -0.2) is 5.78 Å². The molecule has 4 aliphatic rings. The summed E-state index contributed by atoms with van der Waals surface area (Å²) in [5.41, 5.74) is 0.612. The van der Waals surface area contributed by atoms with E-state index in [1.165, 1.54) is 44.9 Å². The number of Topliss-reactive ketones (excluding diaryl/α,β-unsaturated/α-hetero) is 1. The van der Waals surface area contributed by atoms with Crippen molar-refractivity contribution in [2.45, 2.75) is 58.3 Å². The summed E-state index contributed by atoms with van der Waals surface area (Å²) in [6.45, 7) is 1.75. The Morgan fingerprint density at radius 3 is 1.93 bits per heavy atom. The van der Waals surface area contributed by atoms with Crippen LogP contribution in [0.5, 0.6) is 0 Å². The first-order valence-corrected chi connectivity index (χ1v) is 6.65. The van der Waals surface area contributed by atoms with Gasteiger partial charge >= 0.3 is 0 Å². The van der Waals surface area contributed by atoms with E-state index in [0.717, 1.165) is 24.2 Å². The third-order valence-electron chi connectivity index (χ3n) is 5.17. The van der Waals surface area contributed by atoms with Gasteiger partial charge in [0, 0.05) is 6.42 Å². The van der Waals surface area contributed by atoms with Gasteiger partial charge in [-0.3, -0.25) is 0 Å². The Kier molecular flexibility index (Phi) is 2.19. The maximum Gasteiger partial charge on any atom is 0.129 e. The van der Waals surface area contributed by atoms with E-state index < -0.39 is 0 Å². The molecule has 0 aromatic rings. The monoisotopic (exact) mass is 206 g/mol. The molecule has 1 heteroatoms. The van der Waals surface area contributed by atoms with Crippen molar-refractivity contribution in [2.24, 2.45) is 23.2 Å². The molecule has 0 N–H and O–H groups in total. The molecule has 0 saturated heterocycles. The Morgan fingerprint density at radius 1 is 1.07 bits per heavy atom. The minimum absolute atomic E-state index is 0.394. The van der Waals surface area contributed by atoms with Crippen LogP contribution in [0.2, 0.25) is 0 Å². The second-order valence-corrected chi connectivity index (χ2v) is 6.62. The van der Waals surface area contributed by atoms with Crippen LogP contribution in [0.1, 0.15) is 58.3 Å².